The summed E-state index contributed by atoms with van der Waals surface area (Å²) in [6, 6.07) is 10.6. The molecular formula is C13H11IN4O2+2. The fourth-order valence-electron chi connectivity index (χ4n) is 1.87. The van der Waals surface area contributed by atoms with Crippen LogP contribution in [0.1, 0.15) is 0 Å². The molecule has 0 aromatic carbocycles. The summed E-state index contributed by atoms with van der Waals surface area (Å²) < 4.78 is 4.43. The van der Waals surface area contributed by atoms with Crippen molar-refractivity contribution in [2.75, 3.05) is 0 Å². The van der Waals surface area contributed by atoms with Crippen LogP contribution in [-0.4, -0.2) is 20.2 Å². The molecule has 0 fully saturated rings. The third kappa shape index (κ3) is 2.20. The number of hydrogen-bond donors (Lipinski definition) is 2. The summed E-state index contributed by atoms with van der Waals surface area (Å²) >= 11 is 2.14. The van der Waals surface area contributed by atoms with Crippen molar-refractivity contribution >= 4 is 22.6 Å². The van der Waals surface area contributed by atoms with Gasteiger partial charge in [-0.1, -0.05) is 15.8 Å². The van der Waals surface area contributed by atoms with E-state index in [1.54, 1.807) is 41.3 Å². The third-order valence-electron chi connectivity index (χ3n) is 2.80. The molecule has 0 bridgehead atoms. The largest absolute Gasteiger partial charge is 0.350 e. The summed E-state index contributed by atoms with van der Waals surface area (Å²) in [5.41, 5.74) is 1.22. The van der Waals surface area contributed by atoms with Gasteiger partial charge < -0.3 is 5.21 Å². The first-order chi connectivity index (χ1) is 9.66. The molecule has 6 nitrogen and oxygen atoms in total. The lowest BCUT2D eigenvalue weighted by molar-refractivity contribution is -0.899. The van der Waals surface area contributed by atoms with E-state index in [1.165, 1.54) is 6.20 Å². The van der Waals surface area contributed by atoms with E-state index in [0.717, 1.165) is 13.0 Å². The van der Waals surface area contributed by atoms with Gasteiger partial charge in [0.15, 0.2) is 5.69 Å². The van der Waals surface area contributed by atoms with Gasteiger partial charge in [-0.2, -0.15) is 0 Å². The minimum atomic E-state index is 0.511. The average molecular weight is 382 g/mol. The highest BCUT2D eigenvalue weighted by Gasteiger charge is 2.24. The Bertz CT molecular complexity index is 773. The Morgan fingerprint density at radius 1 is 1.00 bits per heavy atom. The van der Waals surface area contributed by atoms with Crippen molar-refractivity contribution in [3.05, 3.63) is 58.6 Å². The van der Waals surface area contributed by atoms with Crippen LogP contribution in [0, 0.1) is 3.57 Å². The van der Waals surface area contributed by atoms with Crippen LogP contribution in [0.25, 0.3) is 17.2 Å². The molecule has 0 unspecified atom stereocenters. The van der Waals surface area contributed by atoms with Gasteiger partial charge in [0, 0.05) is 22.9 Å². The number of pyridine rings is 2. The van der Waals surface area contributed by atoms with Crippen LogP contribution in [0.2, 0.25) is 0 Å². The van der Waals surface area contributed by atoms with E-state index in [-0.39, 0.29) is 0 Å². The molecule has 3 aromatic heterocycles. The molecule has 100 valence electrons. The summed E-state index contributed by atoms with van der Waals surface area (Å²) in [6.45, 7) is 0. The second kappa shape index (κ2) is 5.08. The van der Waals surface area contributed by atoms with Gasteiger partial charge in [-0.05, 0) is 39.5 Å². The van der Waals surface area contributed by atoms with Gasteiger partial charge in [0.25, 0.3) is 5.69 Å². The standard InChI is InChI=1S/C13H11IN4O2/c14-10-9-16(12-6-2-4-8-18(12)20)15-13(10)11-5-1-3-7-17(11)19/h1-9,19-20H/q+2. The molecular weight excluding hydrogens is 371 g/mol. The molecule has 3 aromatic rings. The Hall–Kier alpha value is -2.16. The lowest BCUT2D eigenvalue weighted by Gasteiger charge is -1.94. The van der Waals surface area contributed by atoms with Gasteiger partial charge >= 0.3 is 5.82 Å². The molecule has 3 rings (SSSR count). The summed E-state index contributed by atoms with van der Waals surface area (Å²) in [7, 11) is 0. The predicted octanol–water partition coefficient (Wildman–Crippen LogP) is 1.19. The molecule has 0 radical (unpaired) electrons. The Morgan fingerprint density at radius 2 is 1.70 bits per heavy atom. The number of nitrogens with zero attached hydrogens (tertiary/aromatic N) is 4. The van der Waals surface area contributed by atoms with Gasteiger partial charge in [0.05, 0.1) is 3.57 Å². The summed E-state index contributed by atoms with van der Waals surface area (Å²) in [6.07, 6.45) is 4.85. The van der Waals surface area contributed by atoms with Crippen LogP contribution in [0.5, 0.6) is 0 Å². The molecule has 0 amide bonds. The monoisotopic (exact) mass is 382 g/mol. The van der Waals surface area contributed by atoms with Crippen molar-refractivity contribution in [1.82, 2.24) is 9.78 Å². The number of rotatable bonds is 2. The quantitative estimate of drug-likeness (QED) is 0.398. The van der Waals surface area contributed by atoms with E-state index in [4.69, 9.17) is 0 Å². The number of halogens is 1. The first-order valence-corrected chi connectivity index (χ1v) is 6.90. The maximum absolute atomic E-state index is 9.83. The zero-order valence-electron chi connectivity index (χ0n) is 10.3. The molecule has 0 saturated carbocycles. The molecule has 7 heteroatoms. The van der Waals surface area contributed by atoms with Crippen LogP contribution >= 0.6 is 22.6 Å². The molecule has 0 aliphatic carbocycles. The van der Waals surface area contributed by atoms with Crippen LogP contribution in [0.3, 0.4) is 0 Å². The third-order valence-corrected chi connectivity index (χ3v) is 3.59. The van der Waals surface area contributed by atoms with E-state index >= 15 is 0 Å². The fraction of sp³-hybridized carbons (Fsp3) is 0. The Morgan fingerprint density at radius 3 is 2.40 bits per heavy atom. The Balaban J connectivity index is 2.13. The Kier molecular flexibility index (Phi) is 3.26. The second-order valence-corrected chi connectivity index (χ2v) is 5.27. The first kappa shape index (κ1) is 12.9. The Labute approximate surface area is 128 Å². The molecule has 0 aliphatic rings. The molecule has 0 spiro atoms. The topological polar surface area (TPSA) is 66.0 Å². The number of hydrogen-bond acceptors (Lipinski definition) is 3. The normalized spacial score (nSPS) is 10.7. The van der Waals surface area contributed by atoms with E-state index in [9.17, 15) is 10.4 Å². The summed E-state index contributed by atoms with van der Waals surface area (Å²) in [5.74, 6) is 0.511. The fourth-order valence-corrected chi connectivity index (χ4v) is 2.52. The van der Waals surface area contributed by atoms with Crippen molar-refractivity contribution in [2.24, 2.45) is 0 Å². The van der Waals surface area contributed by atoms with E-state index in [2.05, 4.69) is 27.7 Å². The van der Waals surface area contributed by atoms with Crippen LogP contribution in [-0.2, 0) is 0 Å². The maximum Gasteiger partial charge on any atom is 0.345 e. The lowest BCUT2D eigenvalue weighted by Crippen LogP contribution is -2.35. The highest BCUT2D eigenvalue weighted by Crippen LogP contribution is 2.21. The molecule has 0 aliphatic heterocycles. The average Bonchev–Trinajstić information content (AvgIpc) is 2.81. The maximum atomic E-state index is 9.83. The highest BCUT2D eigenvalue weighted by molar-refractivity contribution is 14.1. The molecule has 0 saturated heterocycles. The van der Waals surface area contributed by atoms with Gasteiger partial charge in [0.1, 0.15) is 12.4 Å². The highest BCUT2D eigenvalue weighted by atomic mass is 127. The minimum absolute atomic E-state index is 0.511. The molecule has 20 heavy (non-hydrogen) atoms. The van der Waals surface area contributed by atoms with E-state index in [0.29, 0.717) is 17.2 Å². The SMILES string of the molecule is O[n+]1ccccc1-c1nn(-c2cccc[n+]2O)cc1I. The zero-order chi connectivity index (χ0) is 14.1. The van der Waals surface area contributed by atoms with Crippen LogP contribution in [0.15, 0.2) is 55.0 Å². The van der Waals surface area contributed by atoms with Crippen LogP contribution in [0.4, 0.5) is 0 Å². The summed E-state index contributed by atoms with van der Waals surface area (Å²) in [5, 5.41) is 24.0. The van der Waals surface area contributed by atoms with Crippen molar-refractivity contribution in [3.63, 3.8) is 0 Å². The van der Waals surface area contributed by atoms with E-state index < -0.39 is 0 Å². The minimum Gasteiger partial charge on any atom is -0.350 e. The first-order valence-electron chi connectivity index (χ1n) is 5.82. The molecule has 0 atom stereocenters. The van der Waals surface area contributed by atoms with Gasteiger partial charge in [-0.15, -0.1) is 0 Å². The second-order valence-electron chi connectivity index (χ2n) is 4.10. The smallest absolute Gasteiger partial charge is 0.345 e. The van der Waals surface area contributed by atoms with Gasteiger partial charge in [0.2, 0.25) is 6.20 Å². The molecule has 3 heterocycles. The summed E-state index contributed by atoms with van der Waals surface area (Å²) in [4.78, 5) is 0. The van der Waals surface area contributed by atoms with Crippen molar-refractivity contribution in [1.29, 1.82) is 0 Å². The zero-order valence-corrected chi connectivity index (χ0v) is 12.4. The van der Waals surface area contributed by atoms with Gasteiger partial charge in [-0.3, -0.25) is 5.21 Å². The van der Waals surface area contributed by atoms with E-state index in [1.807, 2.05) is 12.1 Å². The van der Waals surface area contributed by atoms with Crippen molar-refractivity contribution < 1.29 is 19.9 Å². The molecule has 2 N–H and O–H groups in total. The number of aromatic nitrogens is 4. The lowest BCUT2D eigenvalue weighted by atomic mass is 10.3. The predicted molar refractivity (Wildman–Crippen MR) is 76.5 cm³/mol. The van der Waals surface area contributed by atoms with Crippen molar-refractivity contribution in [3.8, 4) is 17.2 Å². The van der Waals surface area contributed by atoms with Gasteiger partial charge in [-0.25, -0.2) is 0 Å². The van der Waals surface area contributed by atoms with Crippen molar-refractivity contribution in [2.45, 2.75) is 0 Å². The van der Waals surface area contributed by atoms with Crippen LogP contribution < -0.4 is 9.46 Å².